The third kappa shape index (κ3) is 8.18. The van der Waals surface area contributed by atoms with E-state index in [1.54, 1.807) is 11.8 Å². The number of nitrogens with one attached hydrogen (secondary N) is 1. The zero-order valence-corrected chi connectivity index (χ0v) is 24.5. The fraction of sp³-hybridized carbons (Fsp3) is 0.962. The Morgan fingerprint density at radius 2 is 1.40 bits per heavy atom. The van der Waals surface area contributed by atoms with Gasteiger partial charge in [-0.15, -0.1) is 0 Å². The Hall–Kier alpha value is -1.13. The largest absolute Gasteiger partial charge is 0.395 e. The Balaban J connectivity index is 1.89. The van der Waals surface area contributed by atoms with Crippen LogP contribution < -0.4 is 5.32 Å². The van der Waals surface area contributed by atoms with E-state index in [0.29, 0.717) is 6.42 Å². The molecule has 0 spiro atoms. The standard InChI is InChI=1S/C26H48N2O15/c1-4-6-40-25-16(27-12(3)32)24(39-7-5-28-11(2)17(33)20(36)18(34)13(28)8-29)23(15(10-31)42-25)43-26-22(38)21(37)19(35)14(9-30)41-26/h11,13-26,29-31,33-38H,4-10H2,1-3H3,(H,27,32)/t11-,13+,14+,15+,16+,17+,18+,19-,20+,21-,22+,23+,24+,25+,26-/m0/s1. The third-order valence-electron chi connectivity index (χ3n) is 8.21. The molecule has 3 heterocycles. The molecule has 43 heavy (non-hydrogen) atoms. The molecule has 10 N–H and O–H groups in total. The molecule has 3 aliphatic rings. The number of nitrogens with zero attached hydrogens (tertiary/aromatic N) is 1. The summed E-state index contributed by atoms with van der Waals surface area (Å²) in [6.45, 7) is 2.97. The number of hydrogen-bond donors (Lipinski definition) is 10. The Labute approximate surface area is 249 Å². The summed E-state index contributed by atoms with van der Waals surface area (Å²) in [6.07, 6.45) is -16.4. The summed E-state index contributed by atoms with van der Waals surface area (Å²) in [7, 11) is 0. The van der Waals surface area contributed by atoms with Gasteiger partial charge in [0.05, 0.1) is 38.6 Å². The van der Waals surface area contributed by atoms with Crippen molar-refractivity contribution in [3.63, 3.8) is 0 Å². The average Bonchev–Trinajstić information content (AvgIpc) is 2.99. The second-order valence-corrected chi connectivity index (χ2v) is 11.2. The monoisotopic (exact) mass is 628 g/mol. The summed E-state index contributed by atoms with van der Waals surface area (Å²) in [5, 5.41) is 94.5. The van der Waals surface area contributed by atoms with Gasteiger partial charge >= 0.3 is 0 Å². The van der Waals surface area contributed by atoms with Gasteiger partial charge in [-0.25, -0.2) is 0 Å². The second-order valence-electron chi connectivity index (χ2n) is 11.2. The van der Waals surface area contributed by atoms with Gasteiger partial charge < -0.3 is 75.0 Å². The highest BCUT2D eigenvalue weighted by molar-refractivity contribution is 5.73. The van der Waals surface area contributed by atoms with Crippen molar-refractivity contribution in [2.75, 3.05) is 39.6 Å². The number of carbonyl (C=O) groups is 1. The number of aliphatic hydroxyl groups is 9. The van der Waals surface area contributed by atoms with Crippen molar-refractivity contribution in [1.82, 2.24) is 10.2 Å². The minimum Gasteiger partial charge on any atom is -0.395 e. The molecule has 0 unspecified atom stereocenters. The fourth-order valence-corrected chi connectivity index (χ4v) is 5.80. The maximum Gasteiger partial charge on any atom is 0.217 e. The van der Waals surface area contributed by atoms with Crippen LogP contribution in [0.2, 0.25) is 0 Å². The van der Waals surface area contributed by atoms with Crippen molar-refractivity contribution in [2.24, 2.45) is 0 Å². The van der Waals surface area contributed by atoms with Gasteiger partial charge in [-0.05, 0) is 13.3 Å². The molecule has 0 radical (unpaired) electrons. The number of aliphatic hydroxyl groups excluding tert-OH is 9. The number of carbonyl (C=O) groups excluding carboxylic acids is 1. The molecule has 0 saturated carbocycles. The summed E-state index contributed by atoms with van der Waals surface area (Å²) in [6, 6.07) is -2.65. The highest BCUT2D eigenvalue weighted by atomic mass is 16.7. The Morgan fingerprint density at radius 1 is 0.767 bits per heavy atom. The van der Waals surface area contributed by atoms with Crippen LogP contribution in [0.25, 0.3) is 0 Å². The molecule has 1 amide bonds. The SMILES string of the molecule is CCCO[C@@H]1O[C@H](CO)[C@@H](O[C@@H]2O[C@H](CO)[C@H](O)[C@H](O)[C@H]2O)[C@H](OCCN2[C@H](CO)[C@@H](O)[C@H](O)[C@H](O)[C@@H]2C)[C@H]1NC(C)=O. The van der Waals surface area contributed by atoms with E-state index in [2.05, 4.69) is 5.32 Å². The van der Waals surface area contributed by atoms with Crippen LogP contribution in [-0.2, 0) is 28.5 Å². The number of likely N-dealkylation sites (tertiary alicyclic amines) is 1. The van der Waals surface area contributed by atoms with Crippen LogP contribution in [0.5, 0.6) is 0 Å². The van der Waals surface area contributed by atoms with Crippen LogP contribution >= 0.6 is 0 Å². The highest BCUT2D eigenvalue weighted by Gasteiger charge is 2.52. The van der Waals surface area contributed by atoms with Crippen LogP contribution in [0.3, 0.4) is 0 Å². The molecule has 17 nitrogen and oxygen atoms in total. The second kappa shape index (κ2) is 16.4. The lowest BCUT2D eigenvalue weighted by molar-refractivity contribution is -0.351. The van der Waals surface area contributed by atoms with Gasteiger partial charge in [-0.2, -0.15) is 0 Å². The van der Waals surface area contributed by atoms with E-state index < -0.39 is 117 Å². The summed E-state index contributed by atoms with van der Waals surface area (Å²) >= 11 is 0. The number of piperidine rings is 1. The lowest BCUT2D eigenvalue weighted by atomic mass is 9.89. The summed E-state index contributed by atoms with van der Waals surface area (Å²) in [5.41, 5.74) is 0. The lowest BCUT2D eigenvalue weighted by Crippen LogP contribution is -2.69. The van der Waals surface area contributed by atoms with Crippen LogP contribution in [0.4, 0.5) is 0 Å². The van der Waals surface area contributed by atoms with Crippen molar-refractivity contribution >= 4 is 5.91 Å². The van der Waals surface area contributed by atoms with Crippen LogP contribution in [0.15, 0.2) is 0 Å². The summed E-state index contributed by atoms with van der Waals surface area (Å²) in [5.74, 6) is -0.480. The van der Waals surface area contributed by atoms with Gasteiger partial charge in [-0.1, -0.05) is 6.92 Å². The van der Waals surface area contributed by atoms with Gasteiger partial charge in [0.15, 0.2) is 12.6 Å². The van der Waals surface area contributed by atoms with Gasteiger partial charge in [0.2, 0.25) is 5.91 Å². The van der Waals surface area contributed by atoms with E-state index in [0.717, 1.165) is 0 Å². The van der Waals surface area contributed by atoms with Crippen molar-refractivity contribution in [3.05, 3.63) is 0 Å². The van der Waals surface area contributed by atoms with Crippen LogP contribution in [0.1, 0.15) is 27.2 Å². The first kappa shape index (κ1) is 36.3. The zero-order chi connectivity index (χ0) is 32.0. The van der Waals surface area contributed by atoms with Gasteiger partial charge in [0.25, 0.3) is 0 Å². The van der Waals surface area contributed by atoms with Crippen molar-refractivity contribution in [1.29, 1.82) is 0 Å². The van der Waals surface area contributed by atoms with E-state index in [4.69, 9.17) is 23.7 Å². The molecular formula is C26H48N2O15. The molecular weight excluding hydrogens is 580 g/mol. The highest BCUT2D eigenvalue weighted by Crippen LogP contribution is 2.32. The number of amides is 1. The molecule has 0 aromatic rings. The average molecular weight is 629 g/mol. The predicted molar refractivity (Wildman–Crippen MR) is 143 cm³/mol. The lowest BCUT2D eigenvalue weighted by Gasteiger charge is -2.49. The normalized spacial score (nSPS) is 44.3. The molecule has 3 fully saturated rings. The quantitative estimate of drug-likeness (QED) is 0.0911. The number of hydrogen-bond acceptors (Lipinski definition) is 16. The first-order chi connectivity index (χ1) is 20.4. The molecule has 0 aromatic carbocycles. The predicted octanol–water partition coefficient (Wildman–Crippen LogP) is -5.65. The first-order valence-electron chi connectivity index (χ1n) is 14.5. The van der Waals surface area contributed by atoms with Crippen molar-refractivity contribution in [3.8, 4) is 0 Å². The minimum atomic E-state index is -1.78. The Kier molecular flexibility index (Phi) is 13.9. The maximum absolute atomic E-state index is 12.3. The number of rotatable bonds is 13. The van der Waals surface area contributed by atoms with E-state index in [1.165, 1.54) is 6.92 Å². The zero-order valence-electron chi connectivity index (χ0n) is 24.5. The van der Waals surface area contributed by atoms with E-state index >= 15 is 0 Å². The number of ether oxygens (including phenoxy) is 5. The third-order valence-corrected chi connectivity index (χ3v) is 8.21. The van der Waals surface area contributed by atoms with Gasteiger partial charge in [-0.3, -0.25) is 9.69 Å². The van der Waals surface area contributed by atoms with E-state index in [-0.39, 0.29) is 19.8 Å². The minimum absolute atomic E-state index is 0.0222. The molecule has 0 aromatic heterocycles. The van der Waals surface area contributed by atoms with Crippen molar-refractivity contribution in [2.45, 2.75) is 119 Å². The fourth-order valence-electron chi connectivity index (χ4n) is 5.80. The van der Waals surface area contributed by atoms with E-state index in [9.17, 15) is 50.8 Å². The smallest absolute Gasteiger partial charge is 0.217 e. The molecule has 252 valence electrons. The molecule has 0 aliphatic carbocycles. The first-order valence-corrected chi connectivity index (χ1v) is 14.5. The molecule has 3 aliphatic heterocycles. The molecule has 15 atom stereocenters. The van der Waals surface area contributed by atoms with Crippen LogP contribution in [-0.4, -0.2) is 188 Å². The maximum atomic E-state index is 12.3. The molecule has 3 rings (SSSR count). The van der Waals surface area contributed by atoms with Gasteiger partial charge in [0, 0.05) is 26.1 Å². The Morgan fingerprint density at radius 3 is 1.98 bits per heavy atom. The van der Waals surface area contributed by atoms with Gasteiger partial charge in [0.1, 0.15) is 61.0 Å². The molecule has 3 saturated heterocycles. The summed E-state index contributed by atoms with van der Waals surface area (Å²) < 4.78 is 29.4. The van der Waals surface area contributed by atoms with Crippen molar-refractivity contribution < 1.29 is 74.4 Å². The molecule has 0 bridgehead atoms. The summed E-state index contributed by atoms with van der Waals surface area (Å²) in [4.78, 5) is 13.8. The molecule has 17 heteroatoms. The Bertz CT molecular complexity index is 857. The van der Waals surface area contributed by atoms with E-state index in [1.807, 2.05) is 6.92 Å². The van der Waals surface area contributed by atoms with Crippen LogP contribution in [0, 0.1) is 0 Å². The topological polar surface area (TPSA) is 261 Å².